The molecule has 2 aromatic heterocycles. The first-order chi connectivity index (χ1) is 12.3. The van der Waals surface area contributed by atoms with Gasteiger partial charge in [0.25, 0.3) is 0 Å². The van der Waals surface area contributed by atoms with Crippen LogP contribution in [0.4, 0.5) is 0 Å². The number of pyridine rings is 1. The molecule has 0 amide bonds. The number of ketones is 1. The summed E-state index contributed by atoms with van der Waals surface area (Å²) < 4.78 is 5.78. The lowest BCUT2D eigenvalue weighted by Crippen LogP contribution is -2.22. The van der Waals surface area contributed by atoms with Crippen LogP contribution in [0.1, 0.15) is 35.7 Å². The van der Waals surface area contributed by atoms with Crippen molar-refractivity contribution in [3.05, 3.63) is 54.9 Å². The highest BCUT2D eigenvalue weighted by atomic mass is 79.9. The Morgan fingerprint density at radius 3 is 2.77 bits per heavy atom. The van der Waals surface area contributed by atoms with Crippen LogP contribution in [0.15, 0.2) is 37.0 Å². The average Bonchev–Trinajstić information content (AvgIpc) is 3.01. The third-order valence-electron chi connectivity index (χ3n) is 3.84. The van der Waals surface area contributed by atoms with Gasteiger partial charge in [-0.15, -0.1) is 11.8 Å². The SMILES string of the molecule is Cc1cc(CSc2[nH]c3c(Br)ccc(Cl)c3c(=O)c2C(=O)C(C)C)no1. The lowest BCUT2D eigenvalue weighted by molar-refractivity contribution is 0.0935. The molecule has 0 aliphatic carbocycles. The number of hydrogen-bond acceptors (Lipinski definition) is 5. The zero-order valence-electron chi connectivity index (χ0n) is 14.4. The Hall–Kier alpha value is -1.57. The van der Waals surface area contributed by atoms with E-state index in [2.05, 4.69) is 26.1 Å². The number of thioether (sulfide) groups is 1. The number of benzene rings is 1. The minimum absolute atomic E-state index is 0.137. The molecule has 1 aromatic carbocycles. The Bertz CT molecular complexity index is 1060. The van der Waals surface area contributed by atoms with E-state index in [1.165, 1.54) is 11.8 Å². The van der Waals surface area contributed by atoms with Gasteiger partial charge in [0.05, 0.1) is 32.2 Å². The van der Waals surface area contributed by atoms with E-state index in [4.69, 9.17) is 16.1 Å². The molecule has 136 valence electrons. The fourth-order valence-electron chi connectivity index (χ4n) is 2.55. The molecule has 3 aromatic rings. The summed E-state index contributed by atoms with van der Waals surface area (Å²) in [6, 6.07) is 5.22. The molecule has 0 atom stereocenters. The Kier molecular flexibility index (Phi) is 5.60. The van der Waals surface area contributed by atoms with Crippen LogP contribution in [0.5, 0.6) is 0 Å². The highest BCUT2D eigenvalue weighted by Gasteiger charge is 2.23. The zero-order chi connectivity index (χ0) is 19.0. The van der Waals surface area contributed by atoms with Crippen molar-refractivity contribution in [1.82, 2.24) is 10.1 Å². The quantitative estimate of drug-likeness (QED) is 0.413. The lowest BCUT2D eigenvalue weighted by atomic mass is 10.0. The fraction of sp³-hybridized carbons (Fsp3) is 0.278. The predicted molar refractivity (Wildman–Crippen MR) is 107 cm³/mol. The maximum atomic E-state index is 13.1. The van der Waals surface area contributed by atoms with Crippen molar-refractivity contribution in [2.45, 2.75) is 31.6 Å². The number of aryl methyl sites for hydroxylation is 1. The minimum Gasteiger partial charge on any atom is -0.361 e. The summed E-state index contributed by atoms with van der Waals surface area (Å²) in [5, 5.41) is 5.08. The minimum atomic E-state index is -0.359. The van der Waals surface area contributed by atoms with Gasteiger partial charge in [0.1, 0.15) is 5.76 Å². The van der Waals surface area contributed by atoms with Crippen LogP contribution in [0.25, 0.3) is 10.9 Å². The Balaban J connectivity index is 2.18. The molecule has 0 spiro atoms. The number of carbonyl (C=O) groups excluding carboxylic acids is 1. The number of H-pyrrole nitrogens is 1. The predicted octanol–water partition coefficient (Wildman–Crippen LogP) is 5.37. The molecule has 26 heavy (non-hydrogen) atoms. The maximum absolute atomic E-state index is 13.1. The van der Waals surface area contributed by atoms with E-state index in [1.54, 1.807) is 26.0 Å². The Labute approximate surface area is 167 Å². The summed E-state index contributed by atoms with van der Waals surface area (Å²) in [6.07, 6.45) is 0. The first-order valence-electron chi connectivity index (χ1n) is 7.92. The number of aromatic nitrogens is 2. The number of aromatic amines is 1. The summed E-state index contributed by atoms with van der Waals surface area (Å²) in [6.45, 7) is 5.35. The molecule has 0 radical (unpaired) electrons. The molecule has 0 bridgehead atoms. The van der Waals surface area contributed by atoms with Crippen LogP contribution >= 0.6 is 39.3 Å². The van der Waals surface area contributed by atoms with E-state index < -0.39 is 0 Å². The van der Waals surface area contributed by atoms with Gasteiger partial charge in [-0.3, -0.25) is 9.59 Å². The molecule has 2 heterocycles. The normalized spacial score (nSPS) is 11.5. The van der Waals surface area contributed by atoms with Crippen molar-refractivity contribution in [3.8, 4) is 0 Å². The van der Waals surface area contributed by atoms with Gasteiger partial charge >= 0.3 is 0 Å². The van der Waals surface area contributed by atoms with Crippen LogP contribution in [0.3, 0.4) is 0 Å². The molecule has 0 aliphatic rings. The number of Topliss-reactive ketones (excluding diaryl/α,β-unsaturated/α-hetero) is 1. The molecule has 0 aliphatic heterocycles. The second-order valence-corrected chi connectivity index (χ2v) is 8.42. The van der Waals surface area contributed by atoms with Gasteiger partial charge in [-0.1, -0.05) is 30.6 Å². The van der Waals surface area contributed by atoms with E-state index in [0.29, 0.717) is 36.9 Å². The van der Waals surface area contributed by atoms with Gasteiger partial charge in [0.15, 0.2) is 5.78 Å². The summed E-state index contributed by atoms with van der Waals surface area (Å²) in [7, 11) is 0. The van der Waals surface area contributed by atoms with Crippen molar-refractivity contribution in [2.24, 2.45) is 5.92 Å². The summed E-state index contributed by atoms with van der Waals surface area (Å²) in [5.74, 6) is 0.645. The van der Waals surface area contributed by atoms with Gasteiger partial charge < -0.3 is 9.51 Å². The van der Waals surface area contributed by atoms with Crippen molar-refractivity contribution in [1.29, 1.82) is 0 Å². The third-order valence-corrected chi connectivity index (χ3v) is 5.85. The molecule has 5 nitrogen and oxygen atoms in total. The van der Waals surface area contributed by atoms with Crippen LogP contribution in [-0.4, -0.2) is 15.9 Å². The van der Waals surface area contributed by atoms with Gasteiger partial charge in [-0.2, -0.15) is 0 Å². The monoisotopic (exact) mass is 454 g/mol. The highest BCUT2D eigenvalue weighted by molar-refractivity contribution is 9.10. The Morgan fingerprint density at radius 1 is 1.42 bits per heavy atom. The molecule has 0 saturated heterocycles. The average molecular weight is 456 g/mol. The largest absolute Gasteiger partial charge is 0.361 e. The summed E-state index contributed by atoms with van der Waals surface area (Å²) in [4.78, 5) is 29.0. The number of carbonyl (C=O) groups is 1. The smallest absolute Gasteiger partial charge is 0.202 e. The molecule has 0 fully saturated rings. The van der Waals surface area contributed by atoms with Crippen LogP contribution in [0, 0.1) is 12.8 Å². The van der Waals surface area contributed by atoms with Gasteiger partial charge in [0.2, 0.25) is 5.43 Å². The topological polar surface area (TPSA) is 76.0 Å². The van der Waals surface area contributed by atoms with E-state index in [9.17, 15) is 9.59 Å². The zero-order valence-corrected chi connectivity index (χ0v) is 17.5. The van der Waals surface area contributed by atoms with Crippen LogP contribution in [0.2, 0.25) is 5.02 Å². The molecule has 0 unspecified atom stereocenters. The van der Waals surface area contributed by atoms with Gasteiger partial charge in [-0.25, -0.2) is 0 Å². The first kappa shape index (κ1) is 19.2. The second kappa shape index (κ2) is 7.58. The summed E-state index contributed by atoms with van der Waals surface area (Å²) in [5.41, 5.74) is 1.09. The lowest BCUT2D eigenvalue weighted by Gasteiger charge is -2.13. The highest BCUT2D eigenvalue weighted by Crippen LogP contribution is 2.32. The number of nitrogens with one attached hydrogen (secondary N) is 1. The van der Waals surface area contributed by atoms with Crippen molar-refractivity contribution in [2.75, 3.05) is 0 Å². The van der Waals surface area contributed by atoms with E-state index >= 15 is 0 Å². The number of hydrogen-bond donors (Lipinski definition) is 1. The van der Waals surface area contributed by atoms with Gasteiger partial charge in [-0.05, 0) is 35.0 Å². The molecule has 0 saturated carbocycles. The van der Waals surface area contributed by atoms with E-state index in [-0.39, 0.29) is 22.7 Å². The van der Waals surface area contributed by atoms with Crippen molar-refractivity contribution < 1.29 is 9.32 Å². The van der Waals surface area contributed by atoms with Crippen molar-refractivity contribution in [3.63, 3.8) is 0 Å². The molecule has 1 N–H and O–H groups in total. The van der Waals surface area contributed by atoms with Gasteiger partial charge in [0, 0.05) is 22.2 Å². The number of nitrogens with zero attached hydrogens (tertiary/aromatic N) is 1. The van der Waals surface area contributed by atoms with Crippen molar-refractivity contribution >= 4 is 56.0 Å². The number of fused-ring (bicyclic) bond motifs is 1. The molecular formula is C18H16BrClN2O3S. The third kappa shape index (κ3) is 3.61. The summed E-state index contributed by atoms with van der Waals surface area (Å²) >= 11 is 11.0. The van der Waals surface area contributed by atoms with Crippen LogP contribution < -0.4 is 5.43 Å². The standard InChI is InChI=1S/C18H16BrClN2O3S/c1-8(2)16(23)14-17(24)13-12(20)5-4-11(19)15(13)21-18(14)26-7-10-6-9(3)25-22-10/h4-6,8H,7H2,1-3H3,(H,21,24). The number of rotatable bonds is 5. The molecule has 3 rings (SSSR count). The van der Waals surface area contributed by atoms with E-state index in [1.807, 2.05) is 13.0 Å². The molecular weight excluding hydrogens is 440 g/mol. The Morgan fingerprint density at radius 2 is 2.15 bits per heavy atom. The maximum Gasteiger partial charge on any atom is 0.202 e. The second-order valence-electron chi connectivity index (χ2n) is 6.17. The first-order valence-corrected chi connectivity index (χ1v) is 10.1. The number of halogens is 2. The fourth-order valence-corrected chi connectivity index (χ4v) is 4.17. The molecule has 8 heteroatoms. The van der Waals surface area contributed by atoms with Crippen LogP contribution in [-0.2, 0) is 5.75 Å². The van der Waals surface area contributed by atoms with E-state index in [0.717, 1.165) is 5.69 Å².